The molecule has 1 amide bonds. The number of nitrogens with one attached hydrogen (secondary N) is 3. The highest BCUT2D eigenvalue weighted by Crippen LogP contribution is 2.55. The highest BCUT2D eigenvalue weighted by atomic mass is 16.5. The number of aromatic amines is 1. The van der Waals surface area contributed by atoms with Crippen LogP contribution in [-0.2, 0) is 14.3 Å². The van der Waals surface area contributed by atoms with E-state index in [1.807, 2.05) is 23.1 Å². The number of benzene rings is 1. The molecule has 0 radical (unpaired) electrons. The summed E-state index contributed by atoms with van der Waals surface area (Å²) in [6.07, 6.45) is 0.366. The molecular weight excluding hydrogens is 444 g/mol. The number of carbonyl (C=O) groups is 3. The Kier molecular flexibility index (Phi) is 4.97. The van der Waals surface area contributed by atoms with E-state index < -0.39 is 17.7 Å². The van der Waals surface area contributed by atoms with Gasteiger partial charge >= 0.3 is 6.09 Å². The number of rotatable bonds is 4. The van der Waals surface area contributed by atoms with E-state index in [0.717, 1.165) is 10.9 Å². The molecule has 1 aromatic carbocycles. The predicted octanol–water partition coefficient (Wildman–Crippen LogP) is -0.101. The van der Waals surface area contributed by atoms with Crippen molar-refractivity contribution in [3.05, 3.63) is 46.9 Å². The first-order chi connectivity index (χ1) is 16.2. The summed E-state index contributed by atoms with van der Waals surface area (Å²) in [6.45, 7) is 1.97. The number of aliphatic hydroxyl groups excluding tert-OH is 1. The number of piperazine rings is 1. The molecule has 3 aliphatic heterocycles. The zero-order chi connectivity index (χ0) is 24.4. The number of nitrogens with zero attached hydrogens (tertiary/aromatic N) is 2. The number of H-pyrrole nitrogens is 1. The summed E-state index contributed by atoms with van der Waals surface area (Å²) >= 11 is 0. The molecule has 7 N–H and O–H groups in total. The van der Waals surface area contributed by atoms with E-state index in [0.29, 0.717) is 29.1 Å². The van der Waals surface area contributed by atoms with E-state index in [1.54, 1.807) is 20.2 Å². The molecular formula is C22H24N6O6. The Hall–Kier alpha value is -3.74. The van der Waals surface area contributed by atoms with Crippen LogP contribution >= 0.6 is 0 Å². The van der Waals surface area contributed by atoms with Gasteiger partial charge in [-0.15, -0.1) is 0 Å². The molecule has 2 aromatic rings. The second-order valence-corrected chi connectivity index (χ2v) is 8.61. The van der Waals surface area contributed by atoms with E-state index in [2.05, 4.69) is 26.6 Å². The summed E-state index contributed by atoms with van der Waals surface area (Å²) < 4.78 is 5.90. The van der Waals surface area contributed by atoms with Crippen molar-refractivity contribution in [2.75, 3.05) is 25.6 Å². The molecule has 2 saturated heterocycles. The van der Waals surface area contributed by atoms with Gasteiger partial charge < -0.3 is 36.2 Å². The molecule has 178 valence electrons. The molecule has 34 heavy (non-hydrogen) atoms. The van der Waals surface area contributed by atoms with Crippen LogP contribution < -0.4 is 16.4 Å². The molecule has 0 spiro atoms. The van der Waals surface area contributed by atoms with Crippen molar-refractivity contribution in [3.63, 3.8) is 0 Å². The number of hydrogen-bond donors (Lipinski definition) is 6. The van der Waals surface area contributed by atoms with E-state index in [-0.39, 0.29) is 36.0 Å². The van der Waals surface area contributed by atoms with Crippen molar-refractivity contribution in [1.29, 1.82) is 0 Å². The average Bonchev–Trinajstić information content (AvgIpc) is 3.17. The van der Waals surface area contributed by atoms with Crippen molar-refractivity contribution in [1.82, 2.24) is 20.4 Å². The van der Waals surface area contributed by atoms with Gasteiger partial charge in [-0.1, -0.05) is 0 Å². The Morgan fingerprint density at radius 1 is 1.38 bits per heavy atom. The Morgan fingerprint density at radius 3 is 2.79 bits per heavy atom. The molecule has 1 aliphatic carbocycles. The first-order valence-corrected chi connectivity index (χ1v) is 10.7. The zero-order valence-corrected chi connectivity index (χ0v) is 18.5. The minimum absolute atomic E-state index is 0.00827. The lowest BCUT2D eigenvalue weighted by Gasteiger charge is -2.39. The number of allylic oxidation sites excluding steroid dienone is 2. The third-order valence-corrected chi connectivity index (χ3v) is 6.93. The van der Waals surface area contributed by atoms with Gasteiger partial charge in [0.05, 0.1) is 41.7 Å². The van der Waals surface area contributed by atoms with Crippen LogP contribution in [0.25, 0.3) is 10.9 Å². The largest absolute Gasteiger partial charge is 0.465 e. The van der Waals surface area contributed by atoms with Gasteiger partial charge in [0.2, 0.25) is 11.6 Å². The normalized spacial score (nSPS) is 29.0. The molecule has 12 heteroatoms. The monoisotopic (exact) mass is 468 g/mol. The van der Waals surface area contributed by atoms with Gasteiger partial charge in [0.15, 0.2) is 5.72 Å². The molecule has 4 unspecified atom stereocenters. The number of ether oxygens (including phenoxy) is 1. The highest BCUT2D eigenvalue weighted by molar-refractivity contribution is 6.26. The minimum atomic E-state index is -1.33. The third kappa shape index (κ3) is 2.96. The van der Waals surface area contributed by atoms with Crippen LogP contribution in [0.4, 0.5) is 10.5 Å². The molecule has 4 heterocycles. The van der Waals surface area contributed by atoms with E-state index in [1.165, 1.54) is 0 Å². The van der Waals surface area contributed by atoms with Crippen molar-refractivity contribution in [2.45, 2.75) is 24.7 Å². The number of ketones is 2. The van der Waals surface area contributed by atoms with Gasteiger partial charge in [-0.2, -0.15) is 5.10 Å². The smallest absolute Gasteiger partial charge is 0.402 e. The number of methoxy groups -OCH3 is 1. The number of fused-ring (bicyclic) bond motifs is 5. The quantitative estimate of drug-likeness (QED) is 0.261. The maximum absolute atomic E-state index is 13.6. The number of hydrogen-bond acceptors (Lipinski definition) is 9. The number of amides is 1. The maximum Gasteiger partial charge on any atom is 0.402 e. The molecule has 4 aliphatic rings. The summed E-state index contributed by atoms with van der Waals surface area (Å²) in [5.41, 5.74) is 6.02. The lowest BCUT2D eigenvalue weighted by molar-refractivity contribution is -0.137. The maximum atomic E-state index is 13.6. The van der Waals surface area contributed by atoms with Crippen LogP contribution in [0.1, 0.15) is 6.92 Å². The lowest BCUT2D eigenvalue weighted by atomic mass is 9.82. The molecule has 6 rings (SSSR count). The lowest BCUT2D eigenvalue weighted by Crippen LogP contribution is -2.54. The van der Waals surface area contributed by atoms with Gasteiger partial charge in [-0.25, -0.2) is 4.79 Å². The second kappa shape index (κ2) is 7.65. The number of aliphatic hydroxyl groups is 1. The fraction of sp³-hybridized carbons (Fsp3) is 0.364. The van der Waals surface area contributed by atoms with Gasteiger partial charge in [0, 0.05) is 41.9 Å². The van der Waals surface area contributed by atoms with Crippen molar-refractivity contribution >= 4 is 34.3 Å². The van der Waals surface area contributed by atoms with Crippen LogP contribution in [0.2, 0.25) is 0 Å². The standard InChI is InChI=1S/C21H21N5O4.CH3NO2/c1-9-16(23-11-3-4-13-10(5-11)6-22-25-13)19(29)15-12(8-27)21(30-2)20-14(24-20)7-26(21)17(15)18(9)28;2-1(3)4/h3-6,12,14,20,23-24,27H,7-8H2,1-2H3,(H,22,25);2H2,(H,3,4). The first kappa shape index (κ1) is 22.1. The molecule has 0 saturated carbocycles. The van der Waals surface area contributed by atoms with Crippen LogP contribution in [0.5, 0.6) is 0 Å². The number of aromatic nitrogens is 2. The Morgan fingerprint density at radius 2 is 2.12 bits per heavy atom. The SMILES string of the molecule is COC12C(CO)C3=C(C(=O)C(C)=C(Nc4ccc5[nH]ncc5c4)C3=O)N1CC1NC12.NC(=O)O. The van der Waals surface area contributed by atoms with E-state index in [9.17, 15) is 14.7 Å². The molecule has 1 aromatic heterocycles. The predicted molar refractivity (Wildman–Crippen MR) is 119 cm³/mol. The van der Waals surface area contributed by atoms with Crippen molar-refractivity contribution in [3.8, 4) is 0 Å². The zero-order valence-electron chi connectivity index (χ0n) is 18.5. The van der Waals surface area contributed by atoms with E-state index >= 15 is 0 Å². The summed E-state index contributed by atoms with van der Waals surface area (Å²) in [5, 5.41) is 31.7. The molecule has 0 bridgehead atoms. The fourth-order valence-corrected chi connectivity index (χ4v) is 5.46. The van der Waals surface area contributed by atoms with Gasteiger partial charge in [-0.05, 0) is 25.1 Å². The van der Waals surface area contributed by atoms with Crippen LogP contribution in [0, 0.1) is 5.92 Å². The number of primary amides is 1. The molecule has 4 atom stereocenters. The minimum Gasteiger partial charge on any atom is -0.465 e. The average molecular weight is 468 g/mol. The van der Waals surface area contributed by atoms with Crippen LogP contribution in [0.3, 0.4) is 0 Å². The first-order valence-electron chi connectivity index (χ1n) is 10.7. The summed E-state index contributed by atoms with van der Waals surface area (Å²) in [5.74, 6) is -1.06. The second-order valence-electron chi connectivity index (χ2n) is 8.61. The van der Waals surface area contributed by atoms with Crippen LogP contribution in [0.15, 0.2) is 46.9 Å². The van der Waals surface area contributed by atoms with Gasteiger partial charge in [-0.3, -0.25) is 14.7 Å². The summed E-state index contributed by atoms with van der Waals surface area (Å²) in [6, 6.07) is 5.76. The Balaban J connectivity index is 0.000000560. The molecule has 12 nitrogen and oxygen atoms in total. The van der Waals surface area contributed by atoms with Gasteiger partial charge in [0.25, 0.3) is 0 Å². The number of carbonyl (C=O) groups excluding carboxylic acids is 2. The van der Waals surface area contributed by atoms with E-state index in [4.69, 9.17) is 14.6 Å². The highest BCUT2D eigenvalue weighted by Gasteiger charge is 2.72. The summed E-state index contributed by atoms with van der Waals surface area (Å²) in [7, 11) is 1.57. The molecule has 2 fully saturated rings. The number of Topliss-reactive ketones (excluding diaryl/α,β-unsaturated/α-hetero) is 2. The third-order valence-electron chi connectivity index (χ3n) is 6.93. The van der Waals surface area contributed by atoms with Crippen LogP contribution in [-0.4, -0.2) is 81.0 Å². The van der Waals surface area contributed by atoms with Gasteiger partial charge in [0.1, 0.15) is 0 Å². The Bertz CT molecular complexity index is 1290. The Labute approximate surface area is 193 Å². The number of anilines is 1. The number of nitrogens with two attached hydrogens (primary N) is 1. The summed E-state index contributed by atoms with van der Waals surface area (Å²) in [4.78, 5) is 37.7. The van der Waals surface area contributed by atoms with Crippen molar-refractivity contribution in [2.24, 2.45) is 11.7 Å². The fourth-order valence-electron chi connectivity index (χ4n) is 5.46. The number of carboxylic acid groups (broad SMARTS) is 1. The van der Waals surface area contributed by atoms with Crippen molar-refractivity contribution < 1.29 is 29.3 Å². The topological polar surface area (TPSA) is 193 Å².